The van der Waals surface area contributed by atoms with Crippen LogP contribution in [0, 0.1) is 11.8 Å². The van der Waals surface area contributed by atoms with E-state index in [1.165, 1.54) is 0 Å². The number of piperazine rings is 1. The maximum atomic E-state index is 13.1. The first kappa shape index (κ1) is 26.5. The second-order valence-corrected chi connectivity index (χ2v) is 11.5. The van der Waals surface area contributed by atoms with Crippen LogP contribution in [0.3, 0.4) is 0 Å². The van der Waals surface area contributed by atoms with Gasteiger partial charge in [0.15, 0.2) is 0 Å². The average Bonchev–Trinajstić information content (AvgIpc) is 3.53. The van der Waals surface area contributed by atoms with Gasteiger partial charge in [-0.2, -0.15) is 0 Å². The van der Waals surface area contributed by atoms with E-state index in [2.05, 4.69) is 30.7 Å². The second kappa shape index (κ2) is 9.39. The number of nitrogens with zero attached hydrogens (tertiary/aromatic N) is 2. The van der Waals surface area contributed by atoms with Gasteiger partial charge in [-0.05, 0) is 52.7 Å². The lowest BCUT2D eigenvalue weighted by atomic mass is 9.80. The molecule has 5 aliphatic heterocycles. The molecular formula is C25H40N2O8. The van der Waals surface area contributed by atoms with Crippen molar-refractivity contribution in [2.45, 2.75) is 81.6 Å². The Labute approximate surface area is 206 Å². The van der Waals surface area contributed by atoms with Gasteiger partial charge in [0.1, 0.15) is 18.3 Å². The van der Waals surface area contributed by atoms with E-state index in [1.807, 2.05) is 6.08 Å². The normalized spacial score (nSPS) is 45.3. The first-order chi connectivity index (χ1) is 15.7. The summed E-state index contributed by atoms with van der Waals surface area (Å²) in [6, 6.07) is 0. The predicted octanol–water partition coefficient (Wildman–Crippen LogP) is -0.127. The lowest BCUT2D eigenvalue weighted by Gasteiger charge is -2.34. The third-order valence-corrected chi connectivity index (χ3v) is 8.98. The summed E-state index contributed by atoms with van der Waals surface area (Å²) >= 11 is 0. The van der Waals surface area contributed by atoms with Crippen molar-refractivity contribution in [1.29, 1.82) is 0 Å². The minimum atomic E-state index is -0.435. The van der Waals surface area contributed by atoms with Crippen LogP contribution in [0.25, 0.3) is 0 Å². The number of hydrogen-bond donors (Lipinski definition) is 0. The fourth-order valence-electron chi connectivity index (χ4n) is 6.56. The summed E-state index contributed by atoms with van der Waals surface area (Å²) in [4.78, 5) is 30.2. The molecule has 8 atom stereocenters. The number of rotatable bonds is 2. The lowest BCUT2D eigenvalue weighted by molar-refractivity contribution is -0.145. The molecule has 0 spiro atoms. The summed E-state index contributed by atoms with van der Waals surface area (Å²) in [5.74, 6) is -0.309. The Morgan fingerprint density at radius 3 is 2.49 bits per heavy atom. The average molecular weight is 497 g/mol. The molecule has 6 rings (SSSR count). The van der Waals surface area contributed by atoms with E-state index < -0.39 is 5.60 Å². The van der Waals surface area contributed by atoms with Gasteiger partial charge >= 0.3 is 11.9 Å². The van der Waals surface area contributed by atoms with Crippen LogP contribution in [0.1, 0.15) is 46.0 Å². The van der Waals surface area contributed by atoms with Crippen LogP contribution < -0.4 is 0 Å². The smallest absolute Gasteiger partial charge is 0.334 e. The molecule has 6 aliphatic rings. The van der Waals surface area contributed by atoms with Gasteiger partial charge in [-0.1, -0.05) is 0 Å². The Balaban J connectivity index is 0.00000144. The molecule has 198 valence electrons. The van der Waals surface area contributed by atoms with Crippen molar-refractivity contribution in [3.05, 3.63) is 11.6 Å². The van der Waals surface area contributed by atoms with E-state index in [0.717, 1.165) is 57.6 Å². The molecule has 5 heterocycles. The molecule has 10 nitrogen and oxygen atoms in total. The number of carbonyl (C=O) groups excluding carboxylic acids is 2. The van der Waals surface area contributed by atoms with Crippen LogP contribution in [-0.2, 0) is 28.5 Å². The Morgan fingerprint density at radius 2 is 1.74 bits per heavy atom. The van der Waals surface area contributed by atoms with E-state index in [0.29, 0.717) is 12.8 Å². The Kier molecular flexibility index (Phi) is 7.11. The number of likely N-dealkylation sites (N-methyl/N-ethyl adjacent to an activating group) is 1. The van der Waals surface area contributed by atoms with Crippen LogP contribution in [0.5, 0.6) is 0 Å². The molecule has 4 fully saturated rings. The molecule has 0 unspecified atom stereocenters. The van der Waals surface area contributed by atoms with Gasteiger partial charge in [0.2, 0.25) is 0 Å². The molecule has 0 aromatic carbocycles. The Morgan fingerprint density at radius 1 is 1.00 bits per heavy atom. The monoisotopic (exact) mass is 496 g/mol. The van der Waals surface area contributed by atoms with Gasteiger partial charge in [0.05, 0.1) is 23.2 Å². The summed E-state index contributed by atoms with van der Waals surface area (Å²) in [5, 5.41) is 0. The van der Waals surface area contributed by atoms with E-state index in [1.54, 1.807) is 0 Å². The molecule has 2 bridgehead atoms. The Hall–Kier alpha value is -1.56. The largest absolute Gasteiger partial charge is 0.459 e. The molecule has 0 radical (unpaired) electrons. The van der Waals surface area contributed by atoms with Crippen molar-refractivity contribution in [2.75, 3.05) is 39.8 Å². The van der Waals surface area contributed by atoms with Gasteiger partial charge < -0.3 is 34.8 Å². The van der Waals surface area contributed by atoms with E-state index in [-0.39, 0.29) is 64.7 Å². The summed E-state index contributed by atoms with van der Waals surface area (Å²) in [5.41, 5.74) is 0.137. The van der Waals surface area contributed by atoms with E-state index in [9.17, 15) is 9.59 Å². The predicted molar refractivity (Wildman–Crippen MR) is 126 cm³/mol. The van der Waals surface area contributed by atoms with Gasteiger partial charge in [-0.15, -0.1) is 0 Å². The summed E-state index contributed by atoms with van der Waals surface area (Å²) < 4.78 is 24.0. The van der Waals surface area contributed by atoms with Crippen molar-refractivity contribution in [3.63, 3.8) is 0 Å². The molecule has 4 N–H and O–H groups in total. The highest BCUT2D eigenvalue weighted by atomic mass is 16.7. The molecule has 0 aromatic rings. The summed E-state index contributed by atoms with van der Waals surface area (Å²) in [6.45, 7) is 9.01. The lowest BCUT2D eigenvalue weighted by Crippen LogP contribution is -2.47. The second-order valence-electron chi connectivity index (χ2n) is 11.5. The van der Waals surface area contributed by atoms with Crippen molar-refractivity contribution in [2.24, 2.45) is 11.8 Å². The first-order valence-electron chi connectivity index (χ1n) is 12.6. The fourth-order valence-corrected chi connectivity index (χ4v) is 6.56. The highest BCUT2D eigenvalue weighted by molar-refractivity contribution is 5.90. The minimum Gasteiger partial charge on any atom is -0.459 e. The number of fused-ring (bicyclic) bond motifs is 5. The highest BCUT2D eigenvalue weighted by Gasteiger charge is 2.64. The topological polar surface area (TPSA) is 147 Å². The van der Waals surface area contributed by atoms with Crippen LogP contribution >= 0.6 is 0 Å². The van der Waals surface area contributed by atoms with E-state index in [4.69, 9.17) is 18.9 Å². The van der Waals surface area contributed by atoms with Crippen LogP contribution in [0.2, 0.25) is 0 Å². The van der Waals surface area contributed by atoms with Crippen molar-refractivity contribution < 1.29 is 39.5 Å². The van der Waals surface area contributed by atoms with Crippen LogP contribution in [-0.4, -0.2) is 108 Å². The third-order valence-electron chi connectivity index (χ3n) is 8.98. The highest BCUT2D eigenvalue weighted by Crippen LogP contribution is 2.52. The number of hydrogen-bond acceptors (Lipinski definition) is 8. The quantitative estimate of drug-likeness (QED) is 0.379. The number of esters is 2. The molecule has 4 saturated heterocycles. The standard InChI is InChI=1S/C25H36N2O6.2H2O/c1-24-7-6-17-18(14-27-10-8-26(3)9-11-27)23(29)31-20(17)21-25(2,33-21)13-16-12-15(22(28)30-16)4-5-19(24)32-24;;/h12,16-21H,4-11,13-14H2,1-3H3;2*1H2/t16-,17+,18-,19+,20+,21-,24+,25-;;/m1../s1. The molecule has 1 aliphatic carbocycles. The van der Waals surface area contributed by atoms with Crippen LogP contribution in [0.4, 0.5) is 0 Å². The number of ether oxygens (including phenoxy) is 4. The van der Waals surface area contributed by atoms with Gasteiger partial charge in [0.25, 0.3) is 0 Å². The molecule has 0 aromatic heterocycles. The maximum absolute atomic E-state index is 13.1. The molecule has 35 heavy (non-hydrogen) atoms. The third kappa shape index (κ3) is 4.89. The number of epoxide rings is 2. The van der Waals surface area contributed by atoms with E-state index >= 15 is 0 Å². The maximum Gasteiger partial charge on any atom is 0.334 e. The summed E-state index contributed by atoms with van der Waals surface area (Å²) in [6.07, 6.45) is 5.36. The van der Waals surface area contributed by atoms with Crippen LogP contribution in [0.15, 0.2) is 11.6 Å². The Bertz CT molecular complexity index is 874. The fraction of sp³-hybridized carbons (Fsp3) is 0.840. The first-order valence-corrected chi connectivity index (χ1v) is 12.6. The van der Waals surface area contributed by atoms with Crippen molar-refractivity contribution in [3.8, 4) is 0 Å². The zero-order valence-electron chi connectivity index (χ0n) is 21.0. The number of carbonyl (C=O) groups is 2. The zero-order valence-corrected chi connectivity index (χ0v) is 21.0. The van der Waals surface area contributed by atoms with Crippen molar-refractivity contribution in [1.82, 2.24) is 9.80 Å². The minimum absolute atomic E-state index is 0. The molecule has 0 saturated carbocycles. The molecule has 10 heteroatoms. The zero-order chi connectivity index (χ0) is 23.0. The van der Waals surface area contributed by atoms with Crippen molar-refractivity contribution >= 4 is 11.9 Å². The molecular weight excluding hydrogens is 456 g/mol. The SMILES string of the molecule is CN1CCN(C[C@H]2C(=O)O[C@H]3[C@H]2CC[C@]2(C)O[C@H]2CCC2=C[C@H](C[C@@]4(C)O[C@H]34)OC2=O)CC1.O.O. The van der Waals surface area contributed by atoms with Gasteiger partial charge in [0, 0.05) is 50.6 Å². The van der Waals surface area contributed by atoms with Gasteiger partial charge in [-0.25, -0.2) is 4.79 Å². The summed E-state index contributed by atoms with van der Waals surface area (Å²) in [7, 11) is 2.15. The molecule has 0 amide bonds. The van der Waals surface area contributed by atoms with Gasteiger partial charge in [-0.3, -0.25) is 9.69 Å².